The Kier molecular flexibility index (Phi) is 13.2. The van der Waals surface area contributed by atoms with Crippen molar-refractivity contribution in [3.05, 3.63) is 101 Å². The number of fused-ring (bicyclic) bond motifs is 1. The fraction of sp³-hybridized carbons (Fsp3) is 0.545. The van der Waals surface area contributed by atoms with Gasteiger partial charge < -0.3 is 41.4 Å². The zero-order valence-electron chi connectivity index (χ0n) is 33.1. The molecule has 0 aromatic heterocycles. The third kappa shape index (κ3) is 11.8. The highest BCUT2D eigenvalue weighted by Gasteiger charge is 2.40. The van der Waals surface area contributed by atoms with Crippen LogP contribution >= 0.6 is 0 Å². The predicted molar refractivity (Wildman–Crippen MR) is 212 cm³/mol. The molecule has 1 fully saturated rings. The first-order valence-electron chi connectivity index (χ1n) is 19.4. The summed E-state index contributed by atoms with van der Waals surface area (Å²) in [6.45, 7) is 14.6. The number of amides is 2. The maximum Gasteiger partial charge on any atom is 0.407 e. The Morgan fingerprint density at radius 3 is 2.17 bits per heavy atom. The molecule has 3 aromatic carbocycles. The van der Waals surface area contributed by atoms with Gasteiger partial charge in [0, 0.05) is 29.5 Å². The highest BCUT2D eigenvalue weighted by Crippen LogP contribution is 2.35. The fourth-order valence-corrected chi connectivity index (χ4v) is 8.41. The first-order valence-corrected chi connectivity index (χ1v) is 19.4. The van der Waals surface area contributed by atoms with Crippen molar-refractivity contribution in [2.45, 2.75) is 134 Å². The number of alkyl carbamates (subject to hydrolysis) is 1. The first-order chi connectivity index (χ1) is 25.4. The smallest absolute Gasteiger partial charge is 0.407 e. The van der Waals surface area contributed by atoms with E-state index in [0.717, 1.165) is 35.1 Å². The summed E-state index contributed by atoms with van der Waals surface area (Å²) in [6, 6.07) is 23.6. The van der Waals surface area contributed by atoms with Crippen LogP contribution in [-0.2, 0) is 28.8 Å². The van der Waals surface area contributed by atoms with Gasteiger partial charge in [0.1, 0.15) is 18.0 Å². The number of benzene rings is 3. The quantitative estimate of drug-likeness (QED) is 0.122. The van der Waals surface area contributed by atoms with Crippen LogP contribution in [0.3, 0.4) is 0 Å². The lowest BCUT2D eigenvalue weighted by Crippen LogP contribution is -2.60. The molecule has 1 heterocycles. The molecule has 2 amide bonds. The van der Waals surface area contributed by atoms with Crippen molar-refractivity contribution < 1.29 is 29.3 Å². The molecule has 294 valence electrons. The van der Waals surface area contributed by atoms with Gasteiger partial charge in [-0.15, -0.1) is 0 Å². The topological polar surface area (TPSA) is 155 Å². The summed E-state index contributed by atoms with van der Waals surface area (Å²) in [5.74, 6) is 0.0371. The molecule has 1 aliphatic heterocycles. The van der Waals surface area contributed by atoms with Crippen LogP contribution in [0.2, 0.25) is 0 Å². The minimum atomic E-state index is -1.09. The summed E-state index contributed by atoms with van der Waals surface area (Å²) >= 11 is 0. The summed E-state index contributed by atoms with van der Waals surface area (Å²) < 4.78 is 11.7. The SMILES string of the molecule is CC1(C)CC(C(N)COc2ccc(C[C@H](C[C@H](O)[C@H](Cc3ccccc3)NC(=O)OC(C)(C)C)C(=O)N[C@H]3c4ccccc4C[C@H]3O)cc2)CC(C)(C)N1. The van der Waals surface area contributed by atoms with Crippen molar-refractivity contribution in [1.82, 2.24) is 16.0 Å². The van der Waals surface area contributed by atoms with Gasteiger partial charge in [0.05, 0.1) is 24.3 Å². The van der Waals surface area contributed by atoms with Gasteiger partial charge in [-0.1, -0.05) is 66.7 Å². The van der Waals surface area contributed by atoms with Crippen LogP contribution in [0.4, 0.5) is 4.79 Å². The van der Waals surface area contributed by atoms with Crippen LogP contribution in [0.15, 0.2) is 78.9 Å². The van der Waals surface area contributed by atoms with Gasteiger partial charge in [0.25, 0.3) is 0 Å². The number of hydrogen-bond donors (Lipinski definition) is 6. The number of aliphatic hydroxyl groups is 2. The molecule has 54 heavy (non-hydrogen) atoms. The second-order valence-corrected chi connectivity index (χ2v) is 17.8. The van der Waals surface area contributed by atoms with Crippen molar-refractivity contribution in [3.63, 3.8) is 0 Å². The standard InChI is InChI=1S/C44H62N4O6/c1-42(2,3)54-41(52)46-36(22-28-13-9-8-10-14-28)37(49)24-31(40(51)47-39-34-16-12-11-15-30(34)23-38(39)50)21-29-17-19-33(20-18-29)53-27-35(45)32-25-43(4,5)48-44(6,7)26-32/h8-20,31-32,35-39,48-50H,21-27,45H2,1-7H3,(H,46,52)(H,47,51)/t31-,35?,36+,37+,38-,39+/m1/s1. The highest BCUT2D eigenvalue weighted by atomic mass is 16.6. The van der Waals surface area contributed by atoms with Gasteiger partial charge in [-0.05, 0) is 121 Å². The van der Waals surface area contributed by atoms with Crippen LogP contribution in [-0.4, -0.2) is 69.8 Å². The maximum absolute atomic E-state index is 14.2. The minimum Gasteiger partial charge on any atom is -0.492 e. The van der Waals surface area contributed by atoms with Gasteiger partial charge in [0.15, 0.2) is 0 Å². The van der Waals surface area contributed by atoms with E-state index in [2.05, 4.69) is 43.6 Å². The van der Waals surface area contributed by atoms with E-state index in [1.165, 1.54) is 0 Å². The number of aliphatic hydroxyl groups excluding tert-OH is 2. The van der Waals surface area contributed by atoms with Gasteiger partial charge in [-0.2, -0.15) is 0 Å². The number of carbonyl (C=O) groups excluding carboxylic acids is 2. The Bertz CT molecular complexity index is 1670. The molecule has 10 nitrogen and oxygen atoms in total. The third-order valence-electron chi connectivity index (χ3n) is 10.5. The largest absolute Gasteiger partial charge is 0.492 e. The lowest BCUT2D eigenvalue weighted by atomic mass is 9.73. The molecule has 6 atom stereocenters. The van der Waals surface area contributed by atoms with Gasteiger partial charge in [-0.3, -0.25) is 4.79 Å². The molecular formula is C44H62N4O6. The van der Waals surface area contributed by atoms with E-state index >= 15 is 0 Å². The molecule has 0 spiro atoms. The number of piperidine rings is 1. The second-order valence-electron chi connectivity index (χ2n) is 17.8. The Hall–Kier alpha value is -3.96. The number of ether oxygens (including phenoxy) is 2. The number of rotatable bonds is 14. The molecule has 1 aliphatic carbocycles. The normalized spacial score (nSPS) is 21.6. The number of hydrogen-bond acceptors (Lipinski definition) is 8. The van der Waals surface area contributed by atoms with Crippen LogP contribution in [0.1, 0.15) is 96.0 Å². The van der Waals surface area contributed by atoms with E-state index in [1.807, 2.05) is 78.9 Å². The van der Waals surface area contributed by atoms with E-state index in [4.69, 9.17) is 15.2 Å². The minimum absolute atomic E-state index is 0.00527. The third-order valence-corrected chi connectivity index (χ3v) is 10.5. The summed E-state index contributed by atoms with van der Waals surface area (Å²) in [6.07, 6.45) is 0.602. The molecule has 10 heteroatoms. The zero-order valence-corrected chi connectivity index (χ0v) is 33.1. The predicted octanol–water partition coefficient (Wildman–Crippen LogP) is 5.77. The lowest BCUT2D eigenvalue weighted by Gasteiger charge is -2.48. The van der Waals surface area contributed by atoms with Crippen molar-refractivity contribution in [3.8, 4) is 5.75 Å². The first kappa shape index (κ1) is 41.2. The fourth-order valence-electron chi connectivity index (χ4n) is 8.41. The molecule has 5 rings (SSSR count). The van der Waals surface area contributed by atoms with Crippen molar-refractivity contribution in [1.29, 1.82) is 0 Å². The Morgan fingerprint density at radius 2 is 1.52 bits per heavy atom. The molecule has 2 aliphatic rings. The molecule has 1 saturated heterocycles. The average Bonchev–Trinajstić information content (AvgIpc) is 3.39. The number of nitrogens with two attached hydrogens (primary N) is 1. The van der Waals surface area contributed by atoms with Gasteiger partial charge in [0.2, 0.25) is 5.91 Å². The molecule has 3 aromatic rings. The lowest BCUT2D eigenvalue weighted by molar-refractivity contribution is -0.127. The van der Waals surface area contributed by atoms with Crippen molar-refractivity contribution in [2.75, 3.05) is 6.61 Å². The maximum atomic E-state index is 14.2. The molecule has 7 N–H and O–H groups in total. The van der Waals surface area contributed by atoms with Crippen molar-refractivity contribution in [2.24, 2.45) is 17.6 Å². The zero-order chi connectivity index (χ0) is 39.3. The highest BCUT2D eigenvalue weighted by molar-refractivity contribution is 5.80. The van der Waals surface area contributed by atoms with Crippen LogP contribution in [0, 0.1) is 11.8 Å². The van der Waals surface area contributed by atoms with E-state index in [9.17, 15) is 19.8 Å². The van der Waals surface area contributed by atoms with E-state index in [1.54, 1.807) is 20.8 Å². The second kappa shape index (κ2) is 17.2. The molecule has 0 radical (unpaired) electrons. The molecule has 0 saturated carbocycles. The van der Waals surface area contributed by atoms with E-state index < -0.39 is 41.9 Å². The molecule has 1 unspecified atom stereocenters. The summed E-state index contributed by atoms with van der Waals surface area (Å²) in [4.78, 5) is 27.1. The van der Waals surface area contributed by atoms with Gasteiger partial charge >= 0.3 is 6.09 Å². The van der Waals surface area contributed by atoms with Crippen LogP contribution in [0.5, 0.6) is 5.75 Å². The Labute approximate surface area is 321 Å². The van der Waals surface area contributed by atoms with Gasteiger partial charge in [-0.25, -0.2) is 4.79 Å². The molecular weight excluding hydrogens is 681 g/mol. The van der Waals surface area contributed by atoms with Crippen molar-refractivity contribution >= 4 is 12.0 Å². The number of nitrogens with one attached hydrogen (secondary N) is 3. The van der Waals surface area contributed by atoms with Crippen LogP contribution < -0.4 is 26.4 Å². The van der Waals surface area contributed by atoms with E-state index in [-0.39, 0.29) is 29.4 Å². The summed E-state index contributed by atoms with van der Waals surface area (Å²) in [7, 11) is 0. The summed E-state index contributed by atoms with van der Waals surface area (Å²) in [5, 5.41) is 32.4. The average molecular weight is 743 g/mol. The summed E-state index contributed by atoms with van der Waals surface area (Å²) in [5.41, 5.74) is 9.64. The Balaban J connectivity index is 1.31. The number of carbonyl (C=O) groups is 2. The Morgan fingerprint density at radius 1 is 0.907 bits per heavy atom. The monoisotopic (exact) mass is 742 g/mol. The van der Waals surface area contributed by atoms with E-state index in [0.29, 0.717) is 37.5 Å². The molecule has 0 bridgehead atoms. The van der Waals surface area contributed by atoms with Crippen LogP contribution in [0.25, 0.3) is 0 Å².